The fourth-order valence-electron chi connectivity index (χ4n) is 9.67. The monoisotopic (exact) mass is 1010 g/mol. The van der Waals surface area contributed by atoms with Crippen LogP contribution in [0.5, 0.6) is 0 Å². The van der Waals surface area contributed by atoms with Gasteiger partial charge in [-0.25, -0.2) is 8.78 Å². The van der Waals surface area contributed by atoms with Crippen molar-refractivity contribution >= 4 is 95.0 Å². The molecule has 0 amide bonds. The van der Waals surface area contributed by atoms with E-state index in [2.05, 4.69) is 85.5 Å². The normalized spacial score (nSPS) is 14.4. The molecule has 0 N–H and O–H groups in total. The van der Waals surface area contributed by atoms with Crippen molar-refractivity contribution in [3.8, 4) is 30.6 Å². The first kappa shape index (κ1) is 46.7. The molecule has 330 valence electrons. The molecule has 1 aliphatic rings. The molecule has 0 aliphatic carbocycles. The Labute approximate surface area is 387 Å². The number of nitrogens with zero attached hydrogens (tertiary/aromatic N) is 6. The number of rotatable bonds is 24. The first-order valence-corrected chi connectivity index (χ1v) is 29.0. The number of fused-ring (bicyclic) bond motifs is 5. The molecule has 0 spiro atoms. The number of hydrogen-bond acceptors (Lipinski definition) is 6. The Morgan fingerprint density at radius 3 is 1.31 bits per heavy atom. The molecule has 6 nitrogen and oxygen atoms in total. The van der Waals surface area contributed by atoms with Crippen molar-refractivity contribution in [3.05, 3.63) is 44.8 Å². The largest absolute Gasteiger partial charge is 0.206 e. The Bertz CT molecular complexity index is 2250. The molecular weight excluding hydrogens is 951 g/mol. The van der Waals surface area contributed by atoms with E-state index in [-0.39, 0.29) is 11.6 Å². The van der Waals surface area contributed by atoms with Crippen LogP contribution in [-0.2, 0) is 13.1 Å². The lowest BCUT2D eigenvalue weighted by molar-refractivity contribution is 0.469. The van der Waals surface area contributed by atoms with E-state index >= 15 is 8.78 Å². The average molecular weight is 1020 g/mol. The third-order valence-electron chi connectivity index (χ3n) is 13.2. The molecule has 2 aromatic carbocycles. The van der Waals surface area contributed by atoms with Gasteiger partial charge >= 0.3 is 0 Å². The number of aryl methyl sites for hydroxylation is 2. The molecule has 0 fully saturated rings. The summed E-state index contributed by atoms with van der Waals surface area (Å²) in [6.45, 7) is 15.2. The maximum absolute atomic E-state index is 16.0. The summed E-state index contributed by atoms with van der Waals surface area (Å²) in [4.78, 5) is 8.31. The van der Waals surface area contributed by atoms with Gasteiger partial charge in [0.15, 0.2) is 0 Å². The smallest absolute Gasteiger partial charge is 0.140 e. The number of aromatic nitrogens is 6. The lowest BCUT2D eigenvalue weighted by Crippen LogP contribution is -2.56. The Balaban J connectivity index is 1.42. The topological polar surface area (TPSA) is 61.4 Å². The summed E-state index contributed by atoms with van der Waals surface area (Å²) in [7, 11) is -2.46. The first-order valence-electron chi connectivity index (χ1n) is 23.4. The van der Waals surface area contributed by atoms with Crippen LogP contribution in [0.1, 0.15) is 144 Å². The molecule has 2 unspecified atom stereocenters. The highest BCUT2D eigenvalue weighted by Gasteiger charge is 2.50. The standard InChI is InChI=1S/C48H64Br2F2N6S2Si/c1-7-13-17-19-23-57-53-43-33(25-35(51)41(49)45(43)55-57)37-27-39-47(59-37)48-40(61(39,29-31(11-5)21-15-9-3)30-32(12-6)22-16-10-4)28-38(60-48)34-26-36(52)42(50)46-44(34)54-58(56-46)24-20-18-14-8-2/h25-28,31-32H,7-24,29-30H2,1-6H3. The molecule has 4 aromatic heterocycles. The number of benzene rings is 2. The van der Waals surface area contributed by atoms with Gasteiger partial charge in [0.1, 0.15) is 41.8 Å². The van der Waals surface area contributed by atoms with Gasteiger partial charge in [-0.2, -0.15) is 30.0 Å². The van der Waals surface area contributed by atoms with Crippen molar-refractivity contribution < 1.29 is 8.78 Å². The van der Waals surface area contributed by atoms with E-state index in [1.54, 1.807) is 44.4 Å². The molecule has 5 heterocycles. The molecular formula is C48H64Br2F2N6S2Si. The number of hydrogen-bond donors (Lipinski definition) is 0. The highest BCUT2D eigenvalue weighted by Crippen LogP contribution is 2.50. The van der Waals surface area contributed by atoms with Crippen molar-refractivity contribution in [2.75, 3.05) is 0 Å². The van der Waals surface area contributed by atoms with Gasteiger partial charge in [-0.15, -0.1) is 22.7 Å². The van der Waals surface area contributed by atoms with Crippen molar-refractivity contribution in [1.82, 2.24) is 30.0 Å². The lowest BCUT2D eigenvalue weighted by Gasteiger charge is -2.35. The Hall–Kier alpha value is -2.32. The van der Waals surface area contributed by atoms with Gasteiger partial charge in [-0.05, 0) is 103 Å². The Morgan fingerprint density at radius 1 is 0.541 bits per heavy atom. The van der Waals surface area contributed by atoms with Crippen molar-refractivity contribution in [1.29, 1.82) is 0 Å². The molecule has 0 saturated carbocycles. The summed E-state index contributed by atoms with van der Waals surface area (Å²) in [5.41, 5.74) is 4.30. The number of unbranched alkanes of at least 4 members (excludes halogenated alkanes) is 8. The van der Waals surface area contributed by atoms with E-state index < -0.39 is 8.07 Å². The van der Waals surface area contributed by atoms with Crippen LogP contribution in [0.15, 0.2) is 33.2 Å². The zero-order valence-electron chi connectivity index (χ0n) is 37.1. The van der Waals surface area contributed by atoms with Gasteiger partial charge in [0, 0.05) is 30.6 Å². The quantitative estimate of drug-likeness (QED) is 0.0448. The van der Waals surface area contributed by atoms with Gasteiger partial charge < -0.3 is 0 Å². The molecule has 0 radical (unpaired) electrons. The Morgan fingerprint density at radius 2 is 0.934 bits per heavy atom. The average Bonchev–Trinajstić information content (AvgIpc) is 4.10. The zero-order chi connectivity index (χ0) is 43.3. The minimum absolute atomic E-state index is 0.312. The first-order chi connectivity index (χ1) is 29.6. The fraction of sp³-hybridized carbons (Fsp3) is 0.583. The summed E-state index contributed by atoms with van der Waals surface area (Å²) in [5.74, 6) is 0.588. The summed E-state index contributed by atoms with van der Waals surface area (Å²) >= 11 is 10.7. The van der Waals surface area contributed by atoms with Crippen LogP contribution in [0.3, 0.4) is 0 Å². The predicted molar refractivity (Wildman–Crippen MR) is 266 cm³/mol. The van der Waals surface area contributed by atoms with E-state index in [1.807, 2.05) is 0 Å². The van der Waals surface area contributed by atoms with Crippen LogP contribution < -0.4 is 10.4 Å². The van der Waals surface area contributed by atoms with E-state index in [1.165, 1.54) is 83.6 Å². The molecule has 0 bridgehead atoms. The zero-order valence-corrected chi connectivity index (χ0v) is 42.9. The lowest BCUT2D eigenvalue weighted by atomic mass is 10.0. The summed E-state index contributed by atoms with van der Waals surface area (Å²) in [5, 5.41) is 22.8. The maximum atomic E-state index is 16.0. The van der Waals surface area contributed by atoms with E-state index in [0.717, 1.165) is 83.3 Å². The highest BCUT2D eigenvalue weighted by molar-refractivity contribution is 9.11. The Kier molecular flexibility index (Phi) is 16.2. The second kappa shape index (κ2) is 21.1. The van der Waals surface area contributed by atoms with Gasteiger partial charge in [0.2, 0.25) is 0 Å². The molecule has 2 atom stereocenters. The molecule has 7 rings (SSSR count). The molecule has 1 aliphatic heterocycles. The molecule has 13 heteroatoms. The third-order valence-corrected chi connectivity index (χ3v) is 23.0. The van der Waals surface area contributed by atoms with Gasteiger partial charge in [0.25, 0.3) is 0 Å². The molecule has 0 saturated heterocycles. The van der Waals surface area contributed by atoms with Crippen LogP contribution in [0.4, 0.5) is 8.78 Å². The summed E-state index contributed by atoms with van der Waals surface area (Å²) in [6, 6.07) is 10.6. The van der Waals surface area contributed by atoms with E-state index in [4.69, 9.17) is 20.4 Å². The third kappa shape index (κ3) is 9.71. The SMILES string of the molecule is CCCCCCn1nc2c(-c3cc4c(s3)-c3sc(-c5cc(F)c(Br)c6nn(CCCCCC)nc56)cc3[Si]4(CC(CC)CCCC)CC(CC)CCCC)cc(F)c(Br)c2n1. The van der Waals surface area contributed by atoms with Crippen LogP contribution in [0.2, 0.25) is 12.1 Å². The number of thiophene rings is 2. The molecule has 61 heavy (non-hydrogen) atoms. The van der Waals surface area contributed by atoms with Gasteiger partial charge in [0.05, 0.1) is 22.0 Å². The van der Waals surface area contributed by atoms with E-state index in [9.17, 15) is 0 Å². The number of halogens is 4. The van der Waals surface area contributed by atoms with Gasteiger partial charge in [-0.3, -0.25) is 0 Å². The summed E-state index contributed by atoms with van der Waals surface area (Å²) < 4.78 is 32.7. The second-order valence-corrected chi connectivity index (χ2v) is 25.3. The molecule has 6 aromatic rings. The minimum Gasteiger partial charge on any atom is -0.206 e. The minimum atomic E-state index is -2.46. The van der Waals surface area contributed by atoms with Crippen LogP contribution >= 0.6 is 54.5 Å². The van der Waals surface area contributed by atoms with E-state index in [0.29, 0.717) is 44.9 Å². The highest BCUT2D eigenvalue weighted by atomic mass is 79.9. The van der Waals surface area contributed by atoms with Crippen LogP contribution in [0, 0.1) is 23.5 Å². The van der Waals surface area contributed by atoms with Crippen molar-refractivity contribution in [3.63, 3.8) is 0 Å². The van der Waals surface area contributed by atoms with Gasteiger partial charge in [-0.1, -0.05) is 131 Å². The second-order valence-electron chi connectivity index (χ2n) is 17.6. The van der Waals surface area contributed by atoms with Crippen molar-refractivity contribution in [2.24, 2.45) is 11.8 Å². The van der Waals surface area contributed by atoms with Crippen LogP contribution in [0.25, 0.3) is 52.7 Å². The summed E-state index contributed by atoms with van der Waals surface area (Å²) in [6.07, 6.45) is 18.5. The van der Waals surface area contributed by atoms with Crippen molar-refractivity contribution in [2.45, 2.75) is 169 Å². The van der Waals surface area contributed by atoms with Crippen LogP contribution in [-0.4, -0.2) is 38.1 Å². The fourth-order valence-corrected chi connectivity index (χ4v) is 20.9. The maximum Gasteiger partial charge on any atom is 0.140 e. The predicted octanol–water partition coefficient (Wildman–Crippen LogP) is 15.6.